The molecule has 94 valence electrons. The van der Waals surface area contributed by atoms with Gasteiger partial charge in [-0.05, 0) is 39.4 Å². The highest BCUT2D eigenvalue weighted by Crippen LogP contribution is 2.29. The molecule has 0 aliphatic heterocycles. The number of rotatable bonds is 2. The Kier molecular flexibility index (Phi) is 3.08. The normalized spacial score (nSPS) is 11.1. The fourth-order valence-electron chi connectivity index (χ4n) is 2.62. The predicted molar refractivity (Wildman–Crippen MR) is 83.5 cm³/mol. The molecule has 0 saturated carbocycles. The molecule has 0 amide bonds. The lowest BCUT2D eigenvalue weighted by Crippen LogP contribution is -1.89. The van der Waals surface area contributed by atoms with Gasteiger partial charge in [0.2, 0.25) is 0 Å². The van der Waals surface area contributed by atoms with Gasteiger partial charge in [0.15, 0.2) is 0 Å². The fourth-order valence-corrected chi connectivity index (χ4v) is 2.62. The Morgan fingerprint density at radius 1 is 0.684 bits per heavy atom. The molecule has 0 spiro atoms. The summed E-state index contributed by atoms with van der Waals surface area (Å²) in [7, 11) is 0. The molecule has 19 heavy (non-hydrogen) atoms. The van der Waals surface area contributed by atoms with Crippen LogP contribution in [0.3, 0.4) is 0 Å². The van der Waals surface area contributed by atoms with E-state index in [1.165, 1.54) is 27.5 Å². The molecule has 0 N–H and O–H groups in total. The van der Waals surface area contributed by atoms with Crippen molar-refractivity contribution in [3.8, 4) is 11.1 Å². The Bertz CT molecular complexity index is 694. The van der Waals surface area contributed by atoms with Crippen molar-refractivity contribution in [3.63, 3.8) is 0 Å². The molecule has 0 unspecified atom stereocenters. The second-order valence-corrected chi connectivity index (χ2v) is 5.30. The zero-order valence-corrected chi connectivity index (χ0v) is 11.4. The third kappa shape index (κ3) is 2.26. The molecule has 0 heterocycles. The molecular formula is C19H18. The second kappa shape index (κ2) is 4.89. The van der Waals surface area contributed by atoms with Crippen molar-refractivity contribution < 1.29 is 0 Å². The molecular weight excluding hydrogens is 228 g/mol. The third-order valence-electron chi connectivity index (χ3n) is 3.64. The minimum absolute atomic E-state index is 0.561. The SMILES string of the molecule is CC(C)c1cccc2cc(-c3ccccc3)ccc12. The van der Waals surface area contributed by atoms with Gasteiger partial charge < -0.3 is 0 Å². The van der Waals surface area contributed by atoms with E-state index in [0.717, 1.165) is 0 Å². The second-order valence-electron chi connectivity index (χ2n) is 5.30. The summed E-state index contributed by atoms with van der Waals surface area (Å²) in [6, 6.07) is 23.9. The first-order valence-corrected chi connectivity index (χ1v) is 6.84. The van der Waals surface area contributed by atoms with Gasteiger partial charge in [0.1, 0.15) is 0 Å². The minimum atomic E-state index is 0.561. The lowest BCUT2D eigenvalue weighted by atomic mass is 9.94. The lowest BCUT2D eigenvalue weighted by Gasteiger charge is -2.11. The van der Waals surface area contributed by atoms with Crippen LogP contribution in [0, 0.1) is 0 Å². The predicted octanol–water partition coefficient (Wildman–Crippen LogP) is 5.63. The van der Waals surface area contributed by atoms with Crippen LogP contribution in [0.25, 0.3) is 21.9 Å². The van der Waals surface area contributed by atoms with E-state index >= 15 is 0 Å². The summed E-state index contributed by atoms with van der Waals surface area (Å²) in [4.78, 5) is 0. The molecule has 0 saturated heterocycles. The average molecular weight is 246 g/mol. The van der Waals surface area contributed by atoms with Gasteiger partial charge >= 0.3 is 0 Å². The maximum atomic E-state index is 2.29. The van der Waals surface area contributed by atoms with Gasteiger partial charge in [0, 0.05) is 0 Å². The first-order chi connectivity index (χ1) is 9.25. The lowest BCUT2D eigenvalue weighted by molar-refractivity contribution is 0.876. The zero-order valence-electron chi connectivity index (χ0n) is 11.4. The largest absolute Gasteiger partial charge is 0.0622 e. The summed E-state index contributed by atoms with van der Waals surface area (Å²) < 4.78 is 0. The maximum Gasteiger partial charge on any atom is -0.0149 e. The summed E-state index contributed by atoms with van der Waals surface area (Å²) in [5.41, 5.74) is 3.99. The van der Waals surface area contributed by atoms with Gasteiger partial charge in [-0.3, -0.25) is 0 Å². The molecule has 0 aromatic heterocycles. The molecule has 0 atom stereocenters. The van der Waals surface area contributed by atoms with Gasteiger partial charge in [0.05, 0.1) is 0 Å². The van der Waals surface area contributed by atoms with Gasteiger partial charge in [0.25, 0.3) is 0 Å². The van der Waals surface area contributed by atoms with Crippen LogP contribution in [0.5, 0.6) is 0 Å². The Hall–Kier alpha value is -2.08. The number of hydrogen-bond acceptors (Lipinski definition) is 0. The van der Waals surface area contributed by atoms with Crippen LogP contribution in [0.2, 0.25) is 0 Å². The number of hydrogen-bond donors (Lipinski definition) is 0. The average Bonchev–Trinajstić information content (AvgIpc) is 2.47. The Morgan fingerprint density at radius 3 is 2.21 bits per heavy atom. The standard InChI is InChI=1S/C19H18/c1-14(2)18-10-6-9-17-13-16(11-12-19(17)18)15-7-4-3-5-8-15/h3-14H,1-2H3. The quantitative estimate of drug-likeness (QED) is 0.549. The van der Waals surface area contributed by atoms with E-state index < -0.39 is 0 Å². The van der Waals surface area contributed by atoms with Crippen molar-refractivity contribution in [2.45, 2.75) is 19.8 Å². The van der Waals surface area contributed by atoms with Gasteiger partial charge in [-0.25, -0.2) is 0 Å². The van der Waals surface area contributed by atoms with Crippen molar-refractivity contribution >= 4 is 10.8 Å². The van der Waals surface area contributed by atoms with E-state index in [2.05, 4.69) is 80.6 Å². The molecule has 3 aromatic carbocycles. The van der Waals surface area contributed by atoms with Crippen LogP contribution in [0.15, 0.2) is 66.7 Å². The summed E-state index contributed by atoms with van der Waals surface area (Å²) in [5.74, 6) is 0.561. The molecule has 0 bridgehead atoms. The Balaban J connectivity index is 2.18. The molecule has 0 aliphatic rings. The van der Waals surface area contributed by atoms with Crippen molar-refractivity contribution in [1.29, 1.82) is 0 Å². The topological polar surface area (TPSA) is 0 Å². The Morgan fingerprint density at radius 2 is 1.47 bits per heavy atom. The van der Waals surface area contributed by atoms with Gasteiger partial charge in [-0.2, -0.15) is 0 Å². The maximum absolute atomic E-state index is 2.29. The van der Waals surface area contributed by atoms with Crippen molar-refractivity contribution in [3.05, 3.63) is 72.3 Å². The van der Waals surface area contributed by atoms with E-state index in [0.29, 0.717) is 5.92 Å². The Labute approximate surface area is 114 Å². The van der Waals surface area contributed by atoms with E-state index in [9.17, 15) is 0 Å². The zero-order chi connectivity index (χ0) is 13.2. The molecule has 0 aliphatic carbocycles. The van der Waals surface area contributed by atoms with Crippen molar-refractivity contribution in [2.24, 2.45) is 0 Å². The monoisotopic (exact) mass is 246 g/mol. The van der Waals surface area contributed by atoms with Crippen LogP contribution >= 0.6 is 0 Å². The van der Waals surface area contributed by atoms with Crippen molar-refractivity contribution in [2.75, 3.05) is 0 Å². The first kappa shape index (κ1) is 12.0. The van der Waals surface area contributed by atoms with Crippen LogP contribution < -0.4 is 0 Å². The third-order valence-corrected chi connectivity index (χ3v) is 3.64. The fraction of sp³-hybridized carbons (Fsp3) is 0.158. The highest BCUT2D eigenvalue weighted by Gasteiger charge is 2.05. The summed E-state index contributed by atoms with van der Waals surface area (Å²) in [5, 5.41) is 2.70. The molecule has 0 fully saturated rings. The summed E-state index contributed by atoms with van der Waals surface area (Å²) in [6.07, 6.45) is 0. The van der Waals surface area contributed by atoms with Gasteiger partial charge in [-0.1, -0.05) is 74.5 Å². The molecule has 3 rings (SSSR count). The minimum Gasteiger partial charge on any atom is -0.0622 e. The van der Waals surface area contributed by atoms with E-state index in [1.807, 2.05) is 0 Å². The van der Waals surface area contributed by atoms with E-state index in [4.69, 9.17) is 0 Å². The van der Waals surface area contributed by atoms with E-state index in [1.54, 1.807) is 0 Å². The highest BCUT2D eigenvalue weighted by atomic mass is 14.1. The molecule has 0 nitrogen and oxygen atoms in total. The number of benzene rings is 3. The van der Waals surface area contributed by atoms with Crippen molar-refractivity contribution in [1.82, 2.24) is 0 Å². The van der Waals surface area contributed by atoms with Gasteiger partial charge in [-0.15, -0.1) is 0 Å². The molecule has 0 radical (unpaired) electrons. The first-order valence-electron chi connectivity index (χ1n) is 6.84. The van der Waals surface area contributed by atoms with E-state index in [-0.39, 0.29) is 0 Å². The molecule has 0 heteroatoms. The molecule has 3 aromatic rings. The highest BCUT2D eigenvalue weighted by molar-refractivity contribution is 5.90. The van der Waals surface area contributed by atoms with Crippen LogP contribution in [0.1, 0.15) is 25.3 Å². The van der Waals surface area contributed by atoms with Crippen LogP contribution in [0.4, 0.5) is 0 Å². The summed E-state index contributed by atoms with van der Waals surface area (Å²) >= 11 is 0. The van der Waals surface area contributed by atoms with Crippen LogP contribution in [-0.4, -0.2) is 0 Å². The smallest absolute Gasteiger partial charge is 0.0149 e. The number of fused-ring (bicyclic) bond motifs is 1. The summed E-state index contributed by atoms with van der Waals surface area (Å²) in [6.45, 7) is 4.50. The van der Waals surface area contributed by atoms with Crippen LogP contribution in [-0.2, 0) is 0 Å².